The van der Waals surface area contributed by atoms with E-state index in [1.165, 1.54) is 12.8 Å². The highest BCUT2D eigenvalue weighted by molar-refractivity contribution is 4.51. The molecule has 1 aliphatic rings. The molecule has 1 heterocycles. The molecule has 0 aromatic carbocycles. The van der Waals surface area contributed by atoms with Gasteiger partial charge in [-0.1, -0.05) is 0 Å². The fourth-order valence-electron chi connectivity index (χ4n) is 1.43. The first-order chi connectivity index (χ1) is 4.15. The SMILES string of the molecule is CC(O)[N+]1(C)CCCC1.[Cl-]. The first-order valence-corrected chi connectivity index (χ1v) is 3.67. The summed E-state index contributed by atoms with van der Waals surface area (Å²) in [6, 6.07) is 0. The van der Waals surface area contributed by atoms with E-state index in [1.54, 1.807) is 0 Å². The highest BCUT2D eigenvalue weighted by Gasteiger charge is 2.30. The molecule has 1 saturated heterocycles. The summed E-state index contributed by atoms with van der Waals surface area (Å²) in [6.07, 6.45) is 2.38. The second kappa shape index (κ2) is 3.56. The molecule has 62 valence electrons. The zero-order chi connectivity index (χ0) is 6.91. The first-order valence-electron chi connectivity index (χ1n) is 3.67. The molecule has 0 aromatic rings. The largest absolute Gasteiger partial charge is 1.00 e. The van der Waals surface area contributed by atoms with Crippen LogP contribution in [0.15, 0.2) is 0 Å². The Morgan fingerprint density at radius 2 is 1.70 bits per heavy atom. The van der Waals surface area contributed by atoms with Gasteiger partial charge in [-0.15, -0.1) is 0 Å². The van der Waals surface area contributed by atoms with Gasteiger partial charge in [-0.2, -0.15) is 0 Å². The number of quaternary nitrogens is 1. The van der Waals surface area contributed by atoms with Gasteiger partial charge in [0.15, 0.2) is 6.23 Å². The van der Waals surface area contributed by atoms with E-state index < -0.39 is 0 Å². The van der Waals surface area contributed by atoms with Gasteiger partial charge < -0.3 is 22.0 Å². The molecule has 1 rings (SSSR count). The second-order valence-corrected chi connectivity index (χ2v) is 3.27. The van der Waals surface area contributed by atoms with Crippen molar-refractivity contribution < 1.29 is 22.0 Å². The normalized spacial score (nSPS) is 25.5. The van der Waals surface area contributed by atoms with Gasteiger partial charge in [0.1, 0.15) is 0 Å². The van der Waals surface area contributed by atoms with Crippen LogP contribution in [0.2, 0.25) is 0 Å². The van der Waals surface area contributed by atoms with Crippen LogP contribution >= 0.6 is 0 Å². The van der Waals surface area contributed by atoms with Gasteiger partial charge in [0, 0.05) is 19.8 Å². The van der Waals surface area contributed by atoms with E-state index in [9.17, 15) is 5.11 Å². The zero-order valence-corrected chi connectivity index (χ0v) is 7.43. The predicted molar refractivity (Wildman–Crippen MR) is 36.8 cm³/mol. The minimum atomic E-state index is -0.174. The van der Waals surface area contributed by atoms with Crippen LogP contribution in [0.25, 0.3) is 0 Å². The fraction of sp³-hybridized carbons (Fsp3) is 1.00. The molecule has 10 heavy (non-hydrogen) atoms. The Morgan fingerprint density at radius 3 is 1.90 bits per heavy atom. The average Bonchev–Trinajstić information content (AvgIpc) is 2.16. The zero-order valence-electron chi connectivity index (χ0n) is 6.68. The van der Waals surface area contributed by atoms with Crippen LogP contribution in [0, 0.1) is 0 Å². The third-order valence-corrected chi connectivity index (χ3v) is 2.49. The fourth-order valence-corrected chi connectivity index (χ4v) is 1.43. The molecule has 0 bridgehead atoms. The van der Waals surface area contributed by atoms with Gasteiger partial charge in [-0.25, -0.2) is 0 Å². The number of rotatable bonds is 1. The number of likely N-dealkylation sites (tertiary alicyclic amines) is 1. The number of nitrogens with zero attached hydrogens (tertiary/aromatic N) is 1. The Labute approximate surface area is 68.8 Å². The predicted octanol–water partition coefficient (Wildman–Crippen LogP) is -2.43. The lowest BCUT2D eigenvalue weighted by Gasteiger charge is -2.31. The maximum Gasteiger partial charge on any atom is 0.187 e. The molecule has 1 atom stereocenters. The molecule has 0 amide bonds. The van der Waals surface area contributed by atoms with Crippen molar-refractivity contribution in [3.8, 4) is 0 Å². The van der Waals surface area contributed by atoms with Crippen LogP contribution in [-0.4, -0.2) is 36.0 Å². The Hall–Kier alpha value is 0.210. The monoisotopic (exact) mass is 165 g/mol. The van der Waals surface area contributed by atoms with Crippen molar-refractivity contribution in [1.29, 1.82) is 0 Å². The average molecular weight is 166 g/mol. The van der Waals surface area contributed by atoms with Crippen LogP contribution in [0.3, 0.4) is 0 Å². The summed E-state index contributed by atoms with van der Waals surface area (Å²) in [5, 5.41) is 9.28. The molecule has 0 radical (unpaired) electrons. The topological polar surface area (TPSA) is 20.2 Å². The summed E-state index contributed by atoms with van der Waals surface area (Å²) in [4.78, 5) is 0. The molecule has 3 heteroatoms. The van der Waals surface area contributed by atoms with Crippen molar-refractivity contribution in [3.63, 3.8) is 0 Å². The highest BCUT2D eigenvalue weighted by Crippen LogP contribution is 2.18. The molecule has 1 aliphatic heterocycles. The van der Waals surface area contributed by atoms with E-state index in [4.69, 9.17) is 0 Å². The highest BCUT2D eigenvalue weighted by atomic mass is 35.5. The molecule has 0 aromatic heterocycles. The third-order valence-electron chi connectivity index (χ3n) is 2.49. The number of hydrogen-bond donors (Lipinski definition) is 1. The van der Waals surface area contributed by atoms with E-state index in [2.05, 4.69) is 7.05 Å². The number of hydrogen-bond acceptors (Lipinski definition) is 1. The Kier molecular flexibility index (Phi) is 3.63. The summed E-state index contributed by atoms with van der Waals surface area (Å²) in [5.41, 5.74) is 0. The molecule has 0 saturated carbocycles. The van der Waals surface area contributed by atoms with E-state index in [-0.39, 0.29) is 18.6 Å². The van der Waals surface area contributed by atoms with Crippen molar-refractivity contribution in [1.82, 2.24) is 0 Å². The lowest BCUT2D eigenvalue weighted by molar-refractivity contribution is -0.941. The van der Waals surface area contributed by atoms with Gasteiger partial charge in [0.2, 0.25) is 0 Å². The summed E-state index contributed by atoms with van der Waals surface area (Å²) in [6.45, 7) is 4.18. The van der Waals surface area contributed by atoms with Gasteiger partial charge in [0.05, 0.1) is 20.1 Å². The van der Waals surface area contributed by atoms with Gasteiger partial charge >= 0.3 is 0 Å². The minimum absolute atomic E-state index is 0. The molecule has 0 aliphatic carbocycles. The van der Waals surface area contributed by atoms with E-state index >= 15 is 0 Å². The van der Waals surface area contributed by atoms with Crippen LogP contribution < -0.4 is 12.4 Å². The maximum atomic E-state index is 9.28. The van der Waals surface area contributed by atoms with Gasteiger partial charge in [0.25, 0.3) is 0 Å². The van der Waals surface area contributed by atoms with E-state index in [0.29, 0.717) is 0 Å². The Morgan fingerprint density at radius 1 is 1.30 bits per heavy atom. The molecular formula is C7H16ClNO. The van der Waals surface area contributed by atoms with Gasteiger partial charge in [-0.3, -0.25) is 0 Å². The van der Waals surface area contributed by atoms with Crippen LogP contribution in [0.4, 0.5) is 0 Å². The van der Waals surface area contributed by atoms with Crippen molar-refractivity contribution in [3.05, 3.63) is 0 Å². The van der Waals surface area contributed by atoms with Crippen molar-refractivity contribution in [2.24, 2.45) is 0 Å². The van der Waals surface area contributed by atoms with E-state index in [0.717, 1.165) is 17.6 Å². The third kappa shape index (κ3) is 1.84. The summed E-state index contributed by atoms with van der Waals surface area (Å²) < 4.78 is 0.861. The number of aliphatic hydroxyl groups is 1. The Bertz CT molecular complexity index is 99.8. The maximum absolute atomic E-state index is 9.28. The van der Waals surface area contributed by atoms with Gasteiger partial charge in [-0.05, 0) is 0 Å². The Balaban J connectivity index is 0.000000810. The van der Waals surface area contributed by atoms with Crippen LogP contribution in [0.5, 0.6) is 0 Å². The first kappa shape index (κ1) is 10.2. The van der Waals surface area contributed by atoms with Crippen LogP contribution in [0.1, 0.15) is 19.8 Å². The molecule has 1 N–H and O–H groups in total. The van der Waals surface area contributed by atoms with Crippen molar-refractivity contribution in [2.45, 2.75) is 26.0 Å². The summed E-state index contributed by atoms with van der Waals surface area (Å²) >= 11 is 0. The van der Waals surface area contributed by atoms with Crippen LogP contribution in [-0.2, 0) is 0 Å². The molecule has 0 spiro atoms. The quantitative estimate of drug-likeness (QED) is 0.429. The second-order valence-electron chi connectivity index (χ2n) is 3.27. The van der Waals surface area contributed by atoms with Crippen molar-refractivity contribution in [2.75, 3.05) is 20.1 Å². The summed E-state index contributed by atoms with van der Waals surface area (Å²) in [5.74, 6) is 0. The smallest absolute Gasteiger partial charge is 0.187 e. The standard InChI is InChI=1S/C7H16NO.ClH/c1-7(9)8(2)5-3-4-6-8;/h7,9H,3-6H2,1-2H3;1H/q+1;/p-1. The number of aliphatic hydroxyl groups excluding tert-OH is 1. The lowest BCUT2D eigenvalue weighted by atomic mass is 10.4. The number of halogens is 1. The molecule has 1 fully saturated rings. The molecular weight excluding hydrogens is 150 g/mol. The summed E-state index contributed by atoms with van der Waals surface area (Å²) in [7, 11) is 2.12. The van der Waals surface area contributed by atoms with Crippen molar-refractivity contribution >= 4 is 0 Å². The lowest BCUT2D eigenvalue weighted by Crippen LogP contribution is -3.00. The molecule has 1 unspecified atom stereocenters. The minimum Gasteiger partial charge on any atom is -1.00 e. The van der Waals surface area contributed by atoms with E-state index in [1.807, 2.05) is 6.92 Å². The molecule has 2 nitrogen and oxygen atoms in total.